The van der Waals surface area contributed by atoms with E-state index in [9.17, 15) is 18.8 Å². The first kappa shape index (κ1) is 30.0. The Balaban J connectivity index is 2.38. The Bertz CT molecular complexity index is 1140. The normalized spacial score (nSPS) is 17.6. The van der Waals surface area contributed by atoms with Gasteiger partial charge in [0, 0.05) is 0 Å². The van der Waals surface area contributed by atoms with Crippen LogP contribution in [0.1, 0.15) is 32.3 Å². The van der Waals surface area contributed by atoms with Crippen LogP contribution in [0, 0.1) is 0 Å². The predicted octanol–water partition coefficient (Wildman–Crippen LogP) is 4.75. The first-order chi connectivity index (χ1) is 18.4. The molecule has 1 saturated heterocycles. The maximum absolute atomic E-state index is 13.8. The lowest BCUT2D eigenvalue weighted by molar-refractivity contribution is -0.143. The molecule has 2 rings (SSSR count). The Morgan fingerprint density at radius 3 is 2.61 bits per heavy atom. The molecule has 1 atom stereocenters. The summed E-state index contributed by atoms with van der Waals surface area (Å²) >= 11 is 0. The van der Waals surface area contributed by atoms with Crippen molar-refractivity contribution in [3.8, 4) is 0 Å². The molecule has 0 spiro atoms. The number of hydrogen-bond acceptors (Lipinski definition) is 7. The molecule has 0 aliphatic carbocycles. The fourth-order valence-electron chi connectivity index (χ4n) is 3.44. The van der Waals surface area contributed by atoms with Crippen LogP contribution in [0.5, 0.6) is 0 Å². The van der Waals surface area contributed by atoms with Gasteiger partial charge in [0.05, 0.1) is 25.4 Å². The second kappa shape index (κ2) is 15.8. The molecule has 38 heavy (non-hydrogen) atoms. The second-order valence-electron chi connectivity index (χ2n) is 8.05. The van der Waals surface area contributed by atoms with Crippen LogP contribution in [0.2, 0.25) is 0 Å². The van der Waals surface area contributed by atoms with Gasteiger partial charge in [0.2, 0.25) is 0 Å². The number of nitrogens with zero attached hydrogens (tertiary/aromatic N) is 2. The lowest BCUT2D eigenvalue weighted by Gasteiger charge is -2.34. The van der Waals surface area contributed by atoms with Crippen LogP contribution >= 0.6 is 0 Å². The summed E-state index contributed by atoms with van der Waals surface area (Å²) < 4.78 is 29.9. The summed E-state index contributed by atoms with van der Waals surface area (Å²) in [6.45, 7) is 10.4. The summed E-state index contributed by atoms with van der Waals surface area (Å²) in [5.74, 6) is -1.83. The van der Waals surface area contributed by atoms with Crippen molar-refractivity contribution in [2.45, 2.75) is 39.4 Å². The fraction of sp³-hybridized carbons (Fsp3) is 0.310. The van der Waals surface area contributed by atoms with E-state index in [1.165, 1.54) is 17.1 Å². The number of hydrogen-bond donors (Lipinski definition) is 0. The van der Waals surface area contributed by atoms with Gasteiger partial charge in [-0.1, -0.05) is 49.1 Å². The number of benzene rings is 1. The highest BCUT2D eigenvalue weighted by molar-refractivity contribution is 6.17. The smallest absolute Gasteiger partial charge is 0.347 e. The highest BCUT2D eigenvalue weighted by Crippen LogP contribution is 2.27. The molecular formula is C29H33FN2O6. The number of carbonyl (C=O) groups is 3. The number of unbranched alkanes of at least 4 members (excludes halogenated alkanes) is 1. The maximum atomic E-state index is 13.8. The van der Waals surface area contributed by atoms with Crippen LogP contribution in [-0.4, -0.2) is 55.6 Å². The minimum atomic E-state index is -0.985. The van der Waals surface area contributed by atoms with Gasteiger partial charge in [0.25, 0.3) is 5.91 Å². The van der Waals surface area contributed by atoms with Crippen molar-refractivity contribution in [2.75, 3.05) is 19.7 Å². The number of morpholine rings is 1. The molecule has 8 nitrogen and oxygen atoms in total. The Morgan fingerprint density at radius 1 is 1.24 bits per heavy atom. The molecule has 202 valence electrons. The number of aliphatic imine (C=N–C) groups is 1. The lowest BCUT2D eigenvalue weighted by Crippen LogP contribution is -2.45. The third-order valence-electron chi connectivity index (χ3n) is 5.35. The number of ether oxygens (including phenoxy) is 3. The quantitative estimate of drug-likeness (QED) is 0.0425. The standard InChI is InChI=1S/C29H33FN2O6/c1-5-23(30)15-11-8-12-16-25-21(3)32(18-24(19-33)38-25)28(34)27(29(35)36-6-2)26(17-31-4)37-20-22-13-9-7-10-14-22/h5,7,9-11,13-16,19,24H,3-4,6,8,12,17-18,20H2,1-2H3/b15-11-,23-5+,25-16-,27-26-. The van der Waals surface area contributed by atoms with Gasteiger partial charge in [-0.05, 0) is 51.1 Å². The van der Waals surface area contributed by atoms with Crippen molar-refractivity contribution >= 4 is 24.9 Å². The number of halogens is 1. The maximum Gasteiger partial charge on any atom is 0.347 e. The molecule has 1 aliphatic rings. The first-order valence-electron chi connectivity index (χ1n) is 12.2. The van der Waals surface area contributed by atoms with Gasteiger partial charge in [-0.15, -0.1) is 0 Å². The molecule has 0 saturated carbocycles. The molecule has 1 aromatic carbocycles. The summed E-state index contributed by atoms with van der Waals surface area (Å²) in [4.78, 5) is 43.4. The summed E-state index contributed by atoms with van der Waals surface area (Å²) in [5, 5.41) is 0. The number of carbonyl (C=O) groups excluding carboxylic acids is 3. The van der Waals surface area contributed by atoms with Crippen LogP contribution in [0.15, 0.2) is 94.8 Å². The summed E-state index contributed by atoms with van der Waals surface area (Å²) in [6, 6.07) is 9.20. The topological polar surface area (TPSA) is 94.5 Å². The Kier molecular flexibility index (Phi) is 12.4. The molecule has 1 amide bonds. The zero-order valence-electron chi connectivity index (χ0n) is 21.7. The average Bonchev–Trinajstić information content (AvgIpc) is 2.92. The molecular weight excluding hydrogens is 491 g/mol. The third-order valence-corrected chi connectivity index (χ3v) is 5.35. The Labute approximate surface area is 222 Å². The van der Waals surface area contributed by atoms with Crippen molar-refractivity contribution < 1.29 is 33.0 Å². The van der Waals surface area contributed by atoms with E-state index in [0.29, 0.717) is 19.1 Å². The number of esters is 1. The van der Waals surface area contributed by atoms with Gasteiger partial charge in [0.1, 0.15) is 24.0 Å². The monoisotopic (exact) mass is 524 g/mol. The van der Waals surface area contributed by atoms with E-state index < -0.39 is 18.0 Å². The first-order valence-corrected chi connectivity index (χ1v) is 12.2. The largest absolute Gasteiger partial charge is 0.490 e. The Morgan fingerprint density at radius 2 is 1.97 bits per heavy atom. The molecule has 0 N–H and O–H groups in total. The highest BCUT2D eigenvalue weighted by atomic mass is 19.1. The minimum Gasteiger partial charge on any atom is -0.490 e. The van der Waals surface area contributed by atoms with E-state index in [2.05, 4.69) is 18.3 Å². The van der Waals surface area contributed by atoms with Gasteiger partial charge < -0.3 is 19.1 Å². The van der Waals surface area contributed by atoms with Gasteiger partial charge in [-0.25, -0.2) is 9.18 Å². The van der Waals surface area contributed by atoms with Crippen LogP contribution in [0.25, 0.3) is 0 Å². The SMILES string of the molecule is C=NC/C(OCc1ccccc1)=C(/C(=O)OCC)C(=O)N1CC(C=O)O/C(=C\CC/C=C\C(F)=C/C)C1=C. The van der Waals surface area contributed by atoms with E-state index in [-0.39, 0.29) is 54.9 Å². The van der Waals surface area contributed by atoms with Crippen LogP contribution in [0.4, 0.5) is 4.39 Å². The fourth-order valence-corrected chi connectivity index (χ4v) is 3.44. The summed E-state index contributed by atoms with van der Waals surface area (Å²) in [6.07, 6.45) is 6.49. The number of allylic oxidation sites excluding steroid dienone is 5. The average molecular weight is 525 g/mol. The molecule has 0 radical (unpaired) electrons. The van der Waals surface area contributed by atoms with Crippen molar-refractivity contribution in [2.24, 2.45) is 4.99 Å². The molecule has 1 aromatic rings. The van der Waals surface area contributed by atoms with Gasteiger partial charge in [-0.2, -0.15) is 0 Å². The lowest BCUT2D eigenvalue weighted by atomic mass is 10.1. The molecule has 1 fully saturated rings. The van der Waals surface area contributed by atoms with Crippen molar-refractivity contribution in [3.63, 3.8) is 0 Å². The van der Waals surface area contributed by atoms with Crippen LogP contribution in [0.3, 0.4) is 0 Å². The third kappa shape index (κ3) is 8.69. The summed E-state index contributed by atoms with van der Waals surface area (Å²) in [7, 11) is 0. The molecule has 0 aromatic heterocycles. The van der Waals surface area contributed by atoms with E-state index >= 15 is 0 Å². The number of rotatable bonds is 13. The van der Waals surface area contributed by atoms with Crippen molar-refractivity contribution in [1.82, 2.24) is 4.90 Å². The van der Waals surface area contributed by atoms with E-state index in [4.69, 9.17) is 14.2 Å². The molecule has 1 heterocycles. The van der Waals surface area contributed by atoms with Crippen molar-refractivity contribution in [3.05, 3.63) is 95.4 Å². The molecule has 1 unspecified atom stereocenters. The predicted molar refractivity (Wildman–Crippen MR) is 142 cm³/mol. The van der Waals surface area contributed by atoms with Crippen LogP contribution in [-0.2, 0) is 35.2 Å². The van der Waals surface area contributed by atoms with Gasteiger partial charge in [0.15, 0.2) is 18.0 Å². The summed E-state index contributed by atoms with van der Waals surface area (Å²) in [5.41, 5.74) is 0.606. The van der Waals surface area contributed by atoms with Gasteiger partial charge in [-0.3, -0.25) is 14.6 Å². The molecule has 9 heteroatoms. The van der Waals surface area contributed by atoms with E-state index in [0.717, 1.165) is 5.56 Å². The van der Waals surface area contributed by atoms with Gasteiger partial charge >= 0.3 is 5.97 Å². The number of aldehydes is 1. The molecule has 0 bridgehead atoms. The Hall–Kier alpha value is -4.27. The van der Waals surface area contributed by atoms with E-state index in [1.54, 1.807) is 26.0 Å². The number of amides is 1. The zero-order valence-corrected chi connectivity index (χ0v) is 21.7. The zero-order chi connectivity index (χ0) is 27.9. The highest BCUT2D eigenvalue weighted by Gasteiger charge is 2.37. The van der Waals surface area contributed by atoms with Crippen LogP contribution < -0.4 is 0 Å². The van der Waals surface area contributed by atoms with E-state index in [1.807, 2.05) is 30.3 Å². The molecule has 1 aliphatic heterocycles. The minimum absolute atomic E-state index is 0.0177. The van der Waals surface area contributed by atoms with Crippen molar-refractivity contribution in [1.29, 1.82) is 0 Å². The second-order valence-corrected chi connectivity index (χ2v) is 8.05.